The minimum absolute atomic E-state index is 0.00373. The molecule has 174 valence electrons. The predicted octanol–water partition coefficient (Wildman–Crippen LogP) is 2.69. The van der Waals surface area contributed by atoms with E-state index in [1.54, 1.807) is 4.57 Å². The maximum absolute atomic E-state index is 14.6. The fraction of sp³-hybridized carbons (Fsp3) is 0.500. The first-order valence-electron chi connectivity index (χ1n) is 10.4. The number of nitrogens with zero attached hydrogens (tertiary/aromatic N) is 3. The largest absolute Gasteiger partial charge is 0.357 e. The van der Waals surface area contributed by atoms with E-state index in [9.17, 15) is 22.8 Å². The van der Waals surface area contributed by atoms with Crippen LogP contribution in [0, 0.1) is 22.9 Å². The van der Waals surface area contributed by atoms with E-state index >= 15 is 0 Å². The highest BCUT2D eigenvalue weighted by Gasteiger charge is 2.35. The Morgan fingerprint density at radius 3 is 2.47 bits per heavy atom. The number of benzene rings is 1. The minimum atomic E-state index is -1.33. The van der Waals surface area contributed by atoms with Crippen LogP contribution in [0.1, 0.15) is 43.4 Å². The number of likely N-dealkylation sites (N-methyl/N-ethyl adjacent to an activating group) is 1. The molecule has 0 fully saturated rings. The van der Waals surface area contributed by atoms with Crippen molar-refractivity contribution in [3.05, 3.63) is 41.0 Å². The summed E-state index contributed by atoms with van der Waals surface area (Å²) in [6.45, 7) is 6.87. The van der Waals surface area contributed by atoms with Crippen LogP contribution in [-0.4, -0.2) is 52.9 Å². The molecule has 1 aliphatic rings. The van der Waals surface area contributed by atoms with Gasteiger partial charge in [0, 0.05) is 26.2 Å². The minimum Gasteiger partial charge on any atom is -0.357 e. The number of carbonyl (C=O) groups is 2. The van der Waals surface area contributed by atoms with Crippen LogP contribution >= 0.6 is 0 Å². The Bertz CT molecular complexity index is 1050. The molecule has 2 aromatic rings. The van der Waals surface area contributed by atoms with Gasteiger partial charge in [0.25, 0.3) is 5.91 Å². The van der Waals surface area contributed by atoms with E-state index in [0.29, 0.717) is 37.8 Å². The summed E-state index contributed by atoms with van der Waals surface area (Å²) >= 11 is 0. The highest BCUT2D eigenvalue weighted by Crippen LogP contribution is 2.30. The molecule has 7 nitrogen and oxygen atoms in total. The van der Waals surface area contributed by atoms with E-state index in [2.05, 4.69) is 15.6 Å². The SMILES string of the molecule is CNC(=O)[C@@H](NC(=O)c1nc(-c2cc(F)cc(F)c2F)n2c1CN(C)CCC2)C(C)(C)C. The molecule has 1 aromatic carbocycles. The second-order valence-electron chi connectivity index (χ2n) is 9.11. The number of hydrogen-bond acceptors (Lipinski definition) is 4. The van der Waals surface area contributed by atoms with Crippen LogP contribution in [0.5, 0.6) is 0 Å². The molecule has 0 bridgehead atoms. The maximum Gasteiger partial charge on any atom is 0.272 e. The second-order valence-corrected chi connectivity index (χ2v) is 9.11. The number of rotatable bonds is 4. The maximum atomic E-state index is 14.6. The summed E-state index contributed by atoms with van der Waals surface area (Å²) in [5.41, 5.74) is -0.461. The Labute approximate surface area is 185 Å². The lowest BCUT2D eigenvalue weighted by Crippen LogP contribution is -2.53. The topological polar surface area (TPSA) is 79.3 Å². The quantitative estimate of drug-likeness (QED) is 0.701. The first-order chi connectivity index (χ1) is 14.9. The third-order valence-electron chi connectivity index (χ3n) is 5.51. The molecule has 0 radical (unpaired) electrons. The summed E-state index contributed by atoms with van der Waals surface area (Å²) in [4.78, 5) is 31.9. The molecule has 0 saturated carbocycles. The van der Waals surface area contributed by atoms with Crippen LogP contribution in [0.3, 0.4) is 0 Å². The van der Waals surface area contributed by atoms with Gasteiger partial charge in [-0.2, -0.15) is 0 Å². The van der Waals surface area contributed by atoms with Gasteiger partial charge in [0.1, 0.15) is 17.7 Å². The van der Waals surface area contributed by atoms with Crippen molar-refractivity contribution in [3.8, 4) is 11.4 Å². The Hall–Kier alpha value is -2.88. The predicted molar refractivity (Wildman–Crippen MR) is 113 cm³/mol. The molecule has 1 aromatic heterocycles. The summed E-state index contributed by atoms with van der Waals surface area (Å²) in [5, 5.41) is 5.26. The van der Waals surface area contributed by atoms with Gasteiger partial charge in [-0.05, 0) is 31.5 Å². The average molecular weight is 451 g/mol. The highest BCUT2D eigenvalue weighted by molar-refractivity contribution is 5.97. The molecular formula is C22H28F3N5O2. The van der Waals surface area contributed by atoms with Crippen molar-refractivity contribution in [3.63, 3.8) is 0 Å². The smallest absolute Gasteiger partial charge is 0.272 e. The lowest BCUT2D eigenvalue weighted by Gasteiger charge is -2.29. The zero-order valence-electron chi connectivity index (χ0n) is 18.9. The van der Waals surface area contributed by atoms with Crippen LogP contribution in [0.25, 0.3) is 11.4 Å². The van der Waals surface area contributed by atoms with Gasteiger partial charge in [-0.1, -0.05) is 20.8 Å². The van der Waals surface area contributed by atoms with E-state index in [0.717, 1.165) is 6.07 Å². The monoisotopic (exact) mass is 451 g/mol. The highest BCUT2D eigenvalue weighted by atomic mass is 19.2. The number of nitrogens with one attached hydrogen (secondary N) is 2. The van der Waals surface area contributed by atoms with Gasteiger partial charge in [0.15, 0.2) is 17.3 Å². The fourth-order valence-electron chi connectivity index (χ4n) is 3.85. The van der Waals surface area contributed by atoms with Gasteiger partial charge in [-0.3, -0.25) is 9.59 Å². The third-order valence-corrected chi connectivity index (χ3v) is 5.51. The van der Waals surface area contributed by atoms with Crippen LogP contribution in [0.4, 0.5) is 13.2 Å². The van der Waals surface area contributed by atoms with Gasteiger partial charge in [-0.25, -0.2) is 18.2 Å². The van der Waals surface area contributed by atoms with Gasteiger partial charge in [0.2, 0.25) is 5.91 Å². The zero-order valence-corrected chi connectivity index (χ0v) is 18.9. The summed E-state index contributed by atoms with van der Waals surface area (Å²) in [6, 6.07) is 0.476. The Kier molecular flexibility index (Phi) is 6.64. The van der Waals surface area contributed by atoms with Crippen LogP contribution in [-0.2, 0) is 17.9 Å². The van der Waals surface area contributed by atoms with Gasteiger partial charge < -0.3 is 20.1 Å². The fourth-order valence-corrected chi connectivity index (χ4v) is 3.85. The van der Waals surface area contributed by atoms with E-state index < -0.39 is 34.8 Å². The van der Waals surface area contributed by atoms with Gasteiger partial charge in [0.05, 0.1) is 11.3 Å². The lowest BCUT2D eigenvalue weighted by atomic mass is 9.86. The van der Waals surface area contributed by atoms with E-state index in [4.69, 9.17) is 0 Å². The molecule has 2 heterocycles. The molecule has 0 saturated heterocycles. The molecule has 3 rings (SSSR count). The van der Waals surface area contributed by atoms with E-state index in [1.807, 2.05) is 32.7 Å². The van der Waals surface area contributed by atoms with Crippen molar-refractivity contribution in [2.45, 2.75) is 46.3 Å². The molecule has 0 spiro atoms. The van der Waals surface area contributed by atoms with Crippen molar-refractivity contribution in [1.29, 1.82) is 0 Å². The molecule has 1 aliphatic heterocycles. The molecule has 32 heavy (non-hydrogen) atoms. The standard InChI is InChI=1S/C22H28F3N5O2/c1-22(2,3)18(21(32)26-4)28-20(31)17-15-11-29(5)7-6-8-30(15)19(27-17)13-9-12(23)10-14(24)16(13)25/h9-10,18H,6-8,11H2,1-5H3,(H,26,32)(H,28,31)/t18-/m1/s1. The number of carbonyl (C=O) groups excluding carboxylic acids is 2. The first kappa shape index (κ1) is 23.8. The Morgan fingerprint density at radius 1 is 1.16 bits per heavy atom. The Balaban J connectivity index is 2.13. The first-order valence-corrected chi connectivity index (χ1v) is 10.4. The zero-order chi connectivity index (χ0) is 23.8. The second kappa shape index (κ2) is 8.93. The van der Waals surface area contributed by atoms with Crippen molar-refractivity contribution in [2.75, 3.05) is 20.6 Å². The number of aromatic nitrogens is 2. The third kappa shape index (κ3) is 4.64. The molecule has 2 N–H and O–H groups in total. The Morgan fingerprint density at radius 2 is 1.84 bits per heavy atom. The summed E-state index contributed by atoms with van der Waals surface area (Å²) in [5.74, 6) is -4.52. The lowest BCUT2D eigenvalue weighted by molar-refractivity contribution is -0.124. The molecular weight excluding hydrogens is 423 g/mol. The number of fused-ring (bicyclic) bond motifs is 1. The van der Waals surface area contributed by atoms with Crippen molar-refractivity contribution >= 4 is 11.8 Å². The van der Waals surface area contributed by atoms with Crippen LogP contribution < -0.4 is 10.6 Å². The average Bonchev–Trinajstić information content (AvgIpc) is 2.93. The summed E-state index contributed by atoms with van der Waals surface area (Å²) < 4.78 is 44.0. The molecule has 10 heteroatoms. The van der Waals surface area contributed by atoms with Gasteiger partial charge >= 0.3 is 0 Å². The molecule has 0 unspecified atom stereocenters. The number of amides is 2. The molecule has 1 atom stereocenters. The number of halogens is 3. The number of hydrogen-bond donors (Lipinski definition) is 2. The van der Waals surface area contributed by atoms with Crippen LogP contribution in [0.15, 0.2) is 12.1 Å². The molecule has 2 amide bonds. The normalized spacial score (nSPS) is 15.6. The van der Waals surface area contributed by atoms with E-state index in [1.165, 1.54) is 7.05 Å². The summed E-state index contributed by atoms with van der Waals surface area (Å²) in [6.07, 6.45) is 0.677. The van der Waals surface area contributed by atoms with Gasteiger partial charge in [-0.15, -0.1) is 0 Å². The van der Waals surface area contributed by atoms with Crippen molar-refractivity contribution < 1.29 is 22.8 Å². The van der Waals surface area contributed by atoms with E-state index in [-0.39, 0.29) is 23.0 Å². The molecule has 0 aliphatic carbocycles. The van der Waals surface area contributed by atoms with Crippen molar-refractivity contribution in [2.24, 2.45) is 5.41 Å². The van der Waals surface area contributed by atoms with Crippen molar-refractivity contribution in [1.82, 2.24) is 25.1 Å². The summed E-state index contributed by atoms with van der Waals surface area (Å²) in [7, 11) is 3.35. The number of imidazole rings is 1. The van der Waals surface area contributed by atoms with Crippen LogP contribution in [0.2, 0.25) is 0 Å².